The van der Waals surface area contributed by atoms with Crippen molar-refractivity contribution in [1.29, 1.82) is 0 Å². The Morgan fingerprint density at radius 3 is 2.84 bits per heavy atom. The van der Waals surface area contributed by atoms with Crippen LogP contribution in [0.4, 0.5) is 0 Å². The van der Waals surface area contributed by atoms with E-state index in [0.717, 1.165) is 12.1 Å². The summed E-state index contributed by atoms with van der Waals surface area (Å²) in [6.45, 7) is 2.01. The summed E-state index contributed by atoms with van der Waals surface area (Å²) < 4.78 is 28.1. The molecule has 2 rings (SSSR count). The number of benzene rings is 1. The van der Waals surface area contributed by atoms with E-state index in [2.05, 4.69) is 4.90 Å². The maximum Gasteiger partial charge on any atom is 0.160 e. The first-order valence-corrected chi connectivity index (χ1v) is 8.11. The zero-order valence-corrected chi connectivity index (χ0v) is 11.8. The van der Waals surface area contributed by atoms with E-state index in [1.807, 2.05) is 6.07 Å². The van der Waals surface area contributed by atoms with Crippen LogP contribution in [0.2, 0.25) is 0 Å². The van der Waals surface area contributed by atoms with Crippen LogP contribution in [0, 0.1) is 0 Å². The Balaban J connectivity index is 2.05. The predicted octanol–water partition coefficient (Wildman–Crippen LogP) is 1.02. The van der Waals surface area contributed by atoms with Gasteiger partial charge < -0.3 is 9.84 Å². The van der Waals surface area contributed by atoms with Gasteiger partial charge in [-0.25, -0.2) is 8.42 Å². The monoisotopic (exact) mass is 285 g/mol. The van der Waals surface area contributed by atoms with Crippen LogP contribution < -0.4 is 4.74 Å². The average molecular weight is 285 g/mol. The van der Waals surface area contributed by atoms with Gasteiger partial charge >= 0.3 is 0 Å². The lowest BCUT2D eigenvalue weighted by atomic mass is 10.2. The molecular formula is C13H19NO4S. The fourth-order valence-electron chi connectivity index (χ4n) is 2.23. The SMILES string of the molecule is COc1cc(CN2CCCS(=O)(=O)CC2)ccc1O. The second-order valence-electron chi connectivity index (χ2n) is 4.79. The zero-order chi connectivity index (χ0) is 13.9. The highest BCUT2D eigenvalue weighted by Crippen LogP contribution is 2.26. The van der Waals surface area contributed by atoms with Gasteiger partial charge in [0.15, 0.2) is 21.3 Å². The number of hydrogen-bond acceptors (Lipinski definition) is 5. The predicted molar refractivity (Wildman–Crippen MR) is 73.2 cm³/mol. The summed E-state index contributed by atoms with van der Waals surface area (Å²) in [4.78, 5) is 2.12. The van der Waals surface area contributed by atoms with Crippen molar-refractivity contribution in [3.05, 3.63) is 23.8 Å². The van der Waals surface area contributed by atoms with Crippen LogP contribution in [0.25, 0.3) is 0 Å². The molecule has 1 aromatic rings. The highest BCUT2D eigenvalue weighted by atomic mass is 32.2. The average Bonchev–Trinajstić information content (AvgIpc) is 2.53. The van der Waals surface area contributed by atoms with E-state index < -0.39 is 9.84 Å². The number of aromatic hydroxyl groups is 1. The van der Waals surface area contributed by atoms with Gasteiger partial charge in [-0.1, -0.05) is 6.07 Å². The van der Waals surface area contributed by atoms with E-state index in [1.54, 1.807) is 12.1 Å². The number of sulfone groups is 1. The maximum atomic E-state index is 11.5. The Morgan fingerprint density at radius 1 is 1.32 bits per heavy atom. The van der Waals surface area contributed by atoms with E-state index in [1.165, 1.54) is 7.11 Å². The zero-order valence-electron chi connectivity index (χ0n) is 11.0. The summed E-state index contributed by atoms with van der Waals surface area (Å²) in [5.74, 6) is 1.06. The molecule has 5 nitrogen and oxygen atoms in total. The Morgan fingerprint density at radius 2 is 2.11 bits per heavy atom. The van der Waals surface area contributed by atoms with Gasteiger partial charge in [-0.3, -0.25) is 4.90 Å². The lowest BCUT2D eigenvalue weighted by Gasteiger charge is -2.19. The molecule has 0 radical (unpaired) electrons. The third-order valence-electron chi connectivity index (χ3n) is 3.30. The molecule has 0 saturated carbocycles. The third-order valence-corrected chi connectivity index (χ3v) is 5.01. The second-order valence-corrected chi connectivity index (χ2v) is 7.09. The highest BCUT2D eigenvalue weighted by molar-refractivity contribution is 7.91. The van der Waals surface area contributed by atoms with Crippen molar-refractivity contribution in [2.45, 2.75) is 13.0 Å². The van der Waals surface area contributed by atoms with Crippen LogP contribution in [0.1, 0.15) is 12.0 Å². The quantitative estimate of drug-likeness (QED) is 0.898. The fourth-order valence-corrected chi connectivity index (χ4v) is 3.54. The standard InChI is InChI=1S/C13H19NO4S/c1-18-13-9-11(3-4-12(13)15)10-14-5-2-7-19(16,17)8-6-14/h3-4,9,15H,2,5-8,10H2,1H3. The van der Waals surface area contributed by atoms with E-state index in [0.29, 0.717) is 25.3 Å². The van der Waals surface area contributed by atoms with Gasteiger partial charge in [-0.05, 0) is 30.7 Å². The number of phenols is 1. The molecule has 0 aliphatic carbocycles. The van der Waals surface area contributed by atoms with Crippen molar-refractivity contribution in [1.82, 2.24) is 4.90 Å². The normalized spacial score (nSPS) is 19.8. The van der Waals surface area contributed by atoms with Crippen LogP contribution in [0.5, 0.6) is 11.5 Å². The van der Waals surface area contributed by atoms with Gasteiger partial charge in [0.2, 0.25) is 0 Å². The summed E-state index contributed by atoms with van der Waals surface area (Å²) >= 11 is 0. The minimum atomic E-state index is -2.87. The van der Waals surface area contributed by atoms with Gasteiger partial charge in [-0.15, -0.1) is 0 Å². The molecule has 1 aliphatic rings. The van der Waals surface area contributed by atoms with Gasteiger partial charge in [0.1, 0.15) is 0 Å². The summed E-state index contributed by atoms with van der Waals surface area (Å²) in [6.07, 6.45) is 0.678. The smallest absolute Gasteiger partial charge is 0.160 e. The molecule has 1 aromatic carbocycles. The Labute approximate surface area is 113 Å². The lowest BCUT2D eigenvalue weighted by Crippen LogP contribution is -2.26. The van der Waals surface area contributed by atoms with E-state index in [4.69, 9.17) is 4.74 Å². The molecule has 106 valence electrons. The molecule has 19 heavy (non-hydrogen) atoms. The molecule has 0 bridgehead atoms. The number of rotatable bonds is 3. The summed E-state index contributed by atoms with van der Waals surface area (Å²) in [7, 11) is -1.36. The number of hydrogen-bond donors (Lipinski definition) is 1. The third kappa shape index (κ3) is 3.84. The first kappa shape index (κ1) is 14.1. The second kappa shape index (κ2) is 5.79. The molecule has 6 heteroatoms. The molecule has 0 amide bonds. The van der Waals surface area contributed by atoms with Crippen molar-refractivity contribution in [3.8, 4) is 11.5 Å². The van der Waals surface area contributed by atoms with Crippen molar-refractivity contribution < 1.29 is 18.3 Å². The molecule has 1 N–H and O–H groups in total. The molecule has 1 saturated heterocycles. The molecular weight excluding hydrogens is 266 g/mol. The highest BCUT2D eigenvalue weighted by Gasteiger charge is 2.19. The summed E-state index contributed by atoms with van der Waals surface area (Å²) in [6, 6.07) is 5.22. The fraction of sp³-hybridized carbons (Fsp3) is 0.538. The Hall–Kier alpha value is -1.27. The van der Waals surface area contributed by atoms with Crippen molar-refractivity contribution in [2.75, 3.05) is 31.7 Å². The van der Waals surface area contributed by atoms with E-state index >= 15 is 0 Å². The number of methoxy groups -OCH3 is 1. The summed E-state index contributed by atoms with van der Waals surface area (Å²) in [5, 5.41) is 9.54. The molecule has 1 heterocycles. The van der Waals surface area contributed by atoms with Crippen LogP contribution >= 0.6 is 0 Å². The van der Waals surface area contributed by atoms with Crippen LogP contribution in [-0.2, 0) is 16.4 Å². The molecule has 0 aromatic heterocycles. The molecule has 0 atom stereocenters. The molecule has 0 spiro atoms. The summed E-state index contributed by atoms with van der Waals surface area (Å²) in [5.41, 5.74) is 1.01. The largest absolute Gasteiger partial charge is 0.504 e. The van der Waals surface area contributed by atoms with Gasteiger partial charge in [-0.2, -0.15) is 0 Å². The minimum Gasteiger partial charge on any atom is -0.504 e. The van der Waals surface area contributed by atoms with Crippen LogP contribution in [0.3, 0.4) is 0 Å². The van der Waals surface area contributed by atoms with Crippen molar-refractivity contribution in [3.63, 3.8) is 0 Å². The Bertz CT molecular complexity index is 542. The van der Waals surface area contributed by atoms with E-state index in [-0.39, 0.29) is 17.3 Å². The number of nitrogens with zero attached hydrogens (tertiary/aromatic N) is 1. The first-order chi connectivity index (χ1) is 9.00. The molecule has 0 unspecified atom stereocenters. The van der Waals surface area contributed by atoms with Crippen LogP contribution in [-0.4, -0.2) is 50.1 Å². The van der Waals surface area contributed by atoms with Crippen molar-refractivity contribution >= 4 is 9.84 Å². The first-order valence-electron chi connectivity index (χ1n) is 6.29. The van der Waals surface area contributed by atoms with E-state index in [9.17, 15) is 13.5 Å². The number of phenolic OH excluding ortho intramolecular Hbond substituents is 1. The van der Waals surface area contributed by atoms with Crippen molar-refractivity contribution in [2.24, 2.45) is 0 Å². The Kier molecular flexibility index (Phi) is 4.31. The molecule has 1 aliphatic heterocycles. The molecule has 1 fully saturated rings. The lowest BCUT2D eigenvalue weighted by molar-refractivity contribution is 0.286. The minimum absolute atomic E-state index is 0.115. The number of ether oxygens (including phenoxy) is 1. The van der Waals surface area contributed by atoms with Gasteiger partial charge in [0, 0.05) is 13.1 Å². The van der Waals surface area contributed by atoms with Gasteiger partial charge in [0.25, 0.3) is 0 Å². The maximum absolute atomic E-state index is 11.5. The topological polar surface area (TPSA) is 66.8 Å². The van der Waals surface area contributed by atoms with Crippen LogP contribution in [0.15, 0.2) is 18.2 Å². The van der Waals surface area contributed by atoms with Gasteiger partial charge in [0.05, 0.1) is 18.6 Å².